The molecule has 2 amide bonds. The topological polar surface area (TPSA) is 162 Å². The van der Waals surface area contributed by atoms with Crippen LogP contribution in [-0.4, -0.2) is 54.8 Å². The normalized spacial score (nSPS) is 13.5. The van der Waals surface area contributed by atoms with Crippen molar-refractivity contribution in [1.82, 2.24) is 19.7 Å². The lowest BCUT2D eigenvalue weighted by atomic mass is 10.3. The highest BCUT2D eigenvalue weighted by atomic mass is 35.5. The maximum absolute atomic E-state index is 12.6. The zero-order valence-corrected chi connectivity index (χ0v) is 15.4. The molecule has 0 bridgehead atoms. The van der Waals surface area contributed by atoms with Crippen LogP contribution in [-0.2, 0) is 19.6 Å². The number of nitrogens with zero attached hydrogens (tertiary/aromatic N) is 4. The fourth-order valence-electron chi connectivity index (χ4n) is 2.05. The SMILES string of the molecule is O=Cc1cc(Cl)nc(NC(=O)NS(=O)(=O)c2ncccc2C2=NOCCO2)n1. The first kappa shape index (κ1) is 19.4. The van der Waals surface area contributed by atoms with E-state index in [0.29, 0.717) is 6.29 Å². The first-order valence-corrected chi connectivity index (χ1v) is 9.37. The van der Waals surface area contributed by atoms with Gasteiger partial charge in [0, 0.05) is 12.3 Å². The maximum atomic E-state index is 12.6. The number of carbonyl (C=O) groups is 2. The molecular weight excluding hydrogens is 416 g/mol. The number of rotatable bonds is 5. The first-order valence-electron chi connectivity index (χ1n) is 7.51. The minimum absolute atomic E-state index is 0.00440. The molecule has 2 aromatic rings. The Balaban J connectivity index is 1.83. The van der Waals surface area contributed by atoms with Crippen LogP contribution in [0.5, 0.6) is 0 Å². The minimum atomic E-state index is -4.43. The Morgan fingerprint density at radius 1 is 1.29 bits per heavy atom. The monoisotopic (exact) mass is 426 g/mol. The summed E-state index contributed by atoms with van der Waals surface area (Å²) >= 11 is 5.70. The number of nitrogens with one attached hydrogen (secondary N) is 2. The van der Waals surface area contributed by atoms with Crippen molar-refractivity contribution in [2.75, 3.05) is 18.5 Å². The second-order valence-electron chi connectivity index (χ2n) is 5.05. The van der Waals surface area contributed by atoms with Gasteiger partial charge in [0.2, 0.25) is 5.95 Å². The number of ether oxygens (including phenoxy) is 1. The number of amides is 2. The Labute approximate surface area is 163 Å². The second kappa shape index (κ2) is 8.14. The number of hydrogen-bond donors (Lipinski definition) is 2. The summed E-state index contributed by atoms with van der Waals surface area (Å²) in [7, 11) is -4.43. The Morgan fingerprint density at radius 3 is 2.82 bits per heavy atom. The number of oxime groups is 1. The van der Waals surface area contributed by atoms with E-state index in [2.05, 4.69) is 25.4 Å². The van der Waals surface area contributed by atoms with Crippen LogP contribution < -0.4 is 10.0 Å². The fraction of sp³-hybridized carbons (Fsp3) is 0.143. The van der Waals surface area contributed by atoms with Crippen LogP contribution in [0.25, 0.3) is 0 Å². The molecule has 0 radical (unpaired) electrons. The summed E-state index contributed by atoms with van der Waals surface area (Å²) < 4.78 is 32.2. The first-order chi connectivity index (χ1) is 13.4. The highest BCUT2D eigenvalue weighted by molar-refractivity contribution is 7.90. The van der Waals surface area contributed by atoms with Crippen LogP contribution in [0.2, 0.25) is 5.15 Å². The van der Waals surface area contributed by atoms with Gasteiger partial charge < -0.3 is 9.57 Å². The van der Waals surface area contributed by atoms with Gasteiger partial charge in [-0.05, 0) is 17.3 Å². The fourth-order valence-corrected chi connectivity index (χ4v) is 3.28. The van der Waals surface area contributed by atoms with Gasteiger partial charge in [0.25, 0.3) is 15.9 Å². The van der Waals surface area contributed by atoms with Gasteiger partial charge in [0.1, 0.15) is 17.5 Å². The maximum Gasteiger partial charge on any atom is 0.335 e. The van der Waals surface area contributed by atoms with Crippen molar-refractivity contribution >= 4 is 45.8 Å². The molecule has 0 aromatic carbocycles. The lowest BCUT2D eigenvalue weighted by Gasteiger charge is -2.15. The number of halogens is 1. The van der Waals surface area contributed by atoms with E-state index < -0.39 is 21.1 Å². The van der Waals surface area contributed by atoms with Crippen LogP contribution >= 0.6 is 11.6 Å². The Morgan fingerprint density at radius 2 is 2.11 bits per heavy atom. The van der Waals surface area contributed by atoms with Crippen molar-refractivity contribution < 1.29 is 27.6 Å². The molecular formula is C14H11ClN6O6S. The van der Waals surface area contributed by atoms with Crippen molar-refractivity contribution in [1.29, 1.82) is 0 Å². The summed E-state index contributed by atoms with van der Waals surface area (Å²) in [6, 6.07) is 2.83. The number of anilines is 1. The molecule has 0 aliphatic carbocycles. The molecule has 1 aliphatic heterocycles. The molecule has 0 saturated carbocycles. The van der Waals surface area contributed by atoms with Gasteiger partial charge in [-0.15, -0.1) is 0 Å². The minimum Gasteiger partial charge on any atom is -0.471 e. The Kier molecular flexibility index (Phi) is 5.65. The van der Waals surface area contributed by atoms with E-state index in [1.165, 1.54) is 24.4 Å². The van der Waals surface area contributed by atoms with Gasteiger partial charge in [0.15, 0.2) is 17.9 Å². The van der Waals surface area contributed by atoms with Gasteiger partial charge in [-0.25, -0.2) is 24.5 Å². The van der Waals surface area contributed by atoms with E-state index in [4.69, 9.17) is 21.2 Å². The van der Waals surface area contributed by atoms with Crippen LogP contribution in [0.3, 0.4) is 0 Å². The number of pyridine rings is 1. The molecule has 0 saturated heterocycles. The van der Waals surface area contributed by atoms with Crippen LogP contribution in [0, 0.1) is 0 Å². The summed E-state index contributed by atoms with van der Waals surface area (Å²) in [5.74, 6) is -0.453. The predicted molar refractivity (Wildman–Crippen MR) is 94.4 cm³/mol. The van der Waals surface area contributed by atoms with E-state index in [1.807, 2.05) is 0 Å². The van der Waals surface area contributed by atoms with Gasteiger partial charge in [-0.2, -0.15) is 8.42 Å². The van der Waals surface area contributed by atoms with Gasteiger partial charge in [0.05, 0.1) is 5.56 Å². The largest absolute Gasteiger partial charge is 0.471 e. The lowest BCUT2D eigenvalue weighted by Crippen LogP contribution is -2.36. The third-order valence-corrected chi connectivity index (χ3v) is 4.59. The van der Waals surface area contributed by atoms with Crippen LogP contribution in [0.15, 0.2) is 34.6 Å². The van der Waals surface area contributed by atoms with Crippen molar-refractivity contribution in [3.8, 4) is 0 Å². The van der Waals surface area contributed by atoms with Crippen molar-refractivity contribution in [2.24, 2.45) is 5.16 Å². The van der Waals surface area contributed by atoms with E-state index in [-0.39, 0.29) is 41.5 Å². The van der Waals surface area contributed by atoms with Gasteiger partial charge in [-0.3, -0.25) is 10.1 Å². The summed E-state index contributed by atoms with van der Waals surface area (Å²) in [4.78, 5) is 38.9. The molecule has 2 aromatic heterocycles. The second-order valence-corrected chi connectivity index (χ2v) is 7.04. The van der Waals surface area contributed by atoms with E-state index in [9.17, 15) is 18.0 Å². The molecule has 3 heterocycles. The highest BCUT2D eigenvalue weighted by Crippen LogP contribution is 2.16. The number of carbonyl (C=O) groups excluding carboxylic acids is 2. The zero-order valence-electron chi connectivity index (χ0n) is 13.8. The van der Waals surface area contributed by atoms with Crippen molar-refractivity contribution in [3.63, 3.8) is 0 Å². The number of aromatic nitrogens is 3. The predicted octanol–water partition coefficient (Wildman–Crippen LogP) is 0.556. The Hall–Kier alpha value is -3.32. The van der Waals surface area contributed by atoms with Gasteiger partial charge >= 0.3 is 6.03 Å². The van der Waals surface area contributed by atoms with Crippen molar-refractivity contribution in [2.45, 2.75) is 5.03 Å². The third kappa shape index (κ3) is 4.50. The number of hydrogen-bond acceptors (Lipinski definition) is 10. The molecule has 14 heteroatoms. The summed E-state index contributed by atoms with van der Waals surface area (Å²) in [6.07, 6.45) is 1.61. The average Bonchev–Trinajstić information content (AvgIpc) is 2.67. The van der Waals surface area contributed by atoms with E-state index in [0.717, 1.165) is 0 Å². The van der Waals surface area contributed by atoms with Crippen molar-refractivity contribution in [3.05, 3.63) is 40.8 Å². The molecule has 3 rings (SSSR count). The highest BCUT2D eigenvalue weighted by Gasteiger charge is 2.27. The third-order valence-electron chi connectivity index (χ3n) is 3.10. The lowest BCUT2D eigenvalue weighted by molar-refractivity contribution is 0.0653. The molecule has 2 N–H and O–H groups in total. The molecule has 28 heavy (non-hydrogen) atoms. The van der Waals surface area contributed by atoms with E-state index >= 15 is 0 Å². The molecule has 0 spiro atoms. The zero-order chi connectivity index (χ0) is 20.1. The summed E-state index contributed by atoms with van der Waals surface area (Å²) in [6.45, 7) is 0.390. The summed E-state index contributed by atoms with van der Waals surface area (Å²) in [5, 5.41) is 5.10. The number of urea groups is 1. The number of sulfonamides is 1. The number of aldehydes is 1. The standard InChI is InChI=1S/C14H11ClN6O6S/c15-10-6-8(7-22)17-13(18-10)19-14(23)21-28(24,25)12-9(2-1-3-16-12)11-20-27-5-4-26-11/h1-3,6-7H,4-5H2,(H2,17,18,19,21,23). The summed E-state index contributed by atoms with van der Waals surface area (Å²) in [5.41, 5.74) is -0.0950. The average molecular weight is 427 g/mol. The molecule has 0 unspecified atom stereocenters. The van der Waals surface area contributed by atoms with Crippen LogP contribution in [0.4, 0.5) is 10.7 Å². The molecule has 12 nitrogen and oxygen atoms in total. The Bertz CT molecular complexity index is 1060. The molecule has 146 valence electrons. The van der Waals surface area contributed by atoms with Gasteiger partial charge in [-0.1, -0.05) is 11.6 Å². The smallest absolute Gasteiger partial charge is 0.335 e. The van der Waals surface area contributed by atoms with E-state index in [1.54, 1.807) is 4.72 Å². The quantitative estimate of drug-likeness (QED) is 0.513. The molecule has 0 atom stereocenters. The molecule has 0 fully saturated rings. The van der Waals surface area contributed by atoms with Crippen LogP contribution in [0.1, 0.15) is 16.1 Å². The molecule has 1 aliphatic rings.